The van der Waals surface area contributed by atoms with Crippen molar-refractivity contribution in [2.24, 2.45) is 0 Å². The summed E-state index contributed by atoms with van der Waals surface area (Å²) in [5.41, 5.74) is 3.35. The third-order valence-electron chi connectivity index (χ3n) is 7.74. The minimum Gasteiger partial charge on any atom is -0.851 e. The molecule has 0 spiro atoms. The van der Waals surface area contributed by atoms with E-state index in [0.717, 1.165) is 18.8 Å². The van der Waals surface area contributed by atoms with Gasteiger partial charge in [-0.05, 0) is 73.2 Å². The predicted octanol–water partition coefficient (Wildman–Crippen LogP) is 6.06. The van der Waals surface area contributed by atoms with Crippen LogP contribution >= 0.6 is 23.2 Å². The van der Waals surface area contributed by atoms with Gasteiger partial charge >= 0.3 is 0 Å². The maximum absolute atomic E-state index is 13.4. The van der Waals surface area contributed by atoms with Gasteiger partial charge in [-0.3, -0.25) is 0 Å². The molecule has 2 atom stereocenters. The molecule has 4 aromatic carbocycles. The molecule has 208 valence electrons. The van der Waals surface area contributed by atoms with Gasteiger partial charge in [-0.1, -0.05) is 59.6 Å². The van der Waals surface area contributed by atoms with Crippen LogP contribution in [0, 0.1) is 0 Å². The first-order chi connectivity index (χ1) is 19.3. The minimum atomic E-state index is -1.31. The number of rotatable bonds is 8. The summed E-state index contributed by atoms with van der Waals surface area (Å²) < 4.78 is 0. The highest BCUT2D eigenvalue weighted by molar-refractivity contribution is 6.35. The second-order valence-corrected chi connectivity index (χ2v) is 10.7. The minimum absolute atomic E-state index is 0.0516. The van der Waals surface area contributed by atoms with Gasteiger partial charge in [0.15, 0.2) is 0 Å². The van der Waals surface area contributed by atoms with E-state index in [1.165, 1.54) is 6.07 Å². The molecule has 6 nitrogen and oxygen atoms in total. The van der Waals surface area contributed by atoms with Gasteiger partial charge in [-0.25, -0.2) is 0 Å². The Labute approximate surface area is 244 Å². The Bertz CT molecular complexity index is 1450. The van der Waals surface area contributed by atoms with Crippen LogP contribution in [0.1, 0.15) is 36.8 Å². The van der Waals surface area contributed by atoms with Gasteiger partial charge < -0.3 is 30.2 Å². The van der Waals surface area contributed by atoms with Crippen molar-refractivity contribution in [2.75, 3.05) is 22.9 Å². The second-order valence-electron chi connectivity index (χ2n) is 9.88. The Hall–Kier alpha value is -3.42. The van der Waals surface area contributed by atoms with Crippen molar-refractivity contribution in [1.82, 2.24) is 0 Å². The maximum Gasteiger partial charge on any atom is 0.121 e. The lowest BCUT2D eigenvalue weighted by molar-refractivity contribution is -0.536. The number of phenolic OH excluding ortho intramolecular Hbond substituents is 2. The lowest BCUT2D eigenvalue weighted by atomic mass is 9.63. The van der Waals surface area contributed by atoms with Crippen molar-refractivity contribution < 1.29 is 20.4 Å². The summed E-state index contributed by atoms with van der Waals surface area (Å²) in [6.45, 7) is 5.59. The summed E-state index contributed by atoms with van der Waals surface area (Å²) in [4.78, 5) is 3.89. The molecule has 0 aromatic heterocycles. The molecule has 2 N–H and O–H groups in total. The Morgan fingerprint density at radius 3 is 1.50 bits per heavy atom. The van der Waals surface area contributed by atoms with Gasteiger partial charge in [-0.15, -0.1) is 12.2 Å². The average molecular weight is 578 g/mol. The quantitative estimate of drug-likeness (QED) is 0.265. The number of hydrogen-bond acceptors (Lipinski definition) is 6. The van der Waals surface area contributed by atoms with Gasteiger partial charge in [0.2, 0.25) is 0 Å². The number of para-hydroxylation sites is 2. The zero-order valence-electron chi connectivity index (χ0n) is 22.2. The number of phenols is 2. The largest absolute Gasteiger partial charge is 0.851 e. The fourth-order valence-corrected chi connectivity index (χ4v) is 6.05. The molecule has 1 aliphatic rings. The maximum atomic E-state index is 13.4. The Balaban J connectivity index is 1.46. The van der Waals surface area contributed by atoms with Gasteiger partial charge in [0.1, 0.15) is 11.5 Å². The normalized spacial score (nSPS) is 20.1. The summed E-state index contributed by atoms with van der Waals surface area (Å²) in [6.07, 6.45) is -2.62. The average Bonchev–Trinajstić information content (AvgIpc) is 2.94. The van der Waals surface area contributed by atoms with E-state index in [2.05, 4.69) is 4.90 Å². The van der Waals surface area contributed by atoms with Gasteiger partial charge in [-0.2, -0.15) is 0 Å². The Morgan fingerprint density at radius 1 is 0.650 bits per heavy atom. The molecule has 0 radical (unpaired) electrons. The molecule has 0 aliphatic heterocycles. The highest BCUT2D eigenvalue weighted by Gasteiger charge is 2.41. The summed E-state index contributed by atoms with van der Waals surface area (Å²) in [6, 6.07) is 24.5. The summed E-state index contributed by atoms with van der Waals surface area (Å²) in [5.74, 6) is -2.07. The second kappa shape index (κ2) is 11.6. The first-order valence-electron chi connectivity index (χ1n) is 13.3. The van der Waals surface area contributed by atoms with Crippen molar-refractivity contribution in [3.63, 3.8) is 0 Å². The van der Waals surface area contributed by atoms with E-state index < -0.39 is 24.0 Å². The summed E-state index contributed by atoms with van der Waals surface area (Å²) >= 11 is 13.1. The summed E-state index contributed by atoms with van der Waals surface area (Å²) in [7, 11) is 0. The van der Waals surface area contributed by atoms with Crippen LogP contribution in [0.2, 0.25) is 10.0 Å². The number of halogens is 2. The van der Waals surface area contributed by atoms with Gasteiger partial charge in [0.25, 0.3) is 0 Å². The number of benzene rings is 4. The van der Waals surface area contributed by atoms with E-state index in [1.54, 1.807) is 36.4 Å². The molecule has 0 heterocycles. The third-order valence-corrected chi connectivity index (χ3v) is 8.37. The van der Waals surface area contributed by atoms with Crippen LogP contribution in [0.4, 0.5) is 22.7 Å². The molecule has 1 saturated carbocycles. The van der Waals surface area contributed by atoms with E-state index in [1.807, 2.05) is 61.2 Å². The highest BCUT2D eigenvalue weighted by atomic mass is 35.5. The van der Waals surface area contributed by atoms with Crippen LogP contribution in [-0.2, 0) is 0 Å². The highest BCUT2D eigenvalue weighted by Crippen LogP contribution is 2.51. The van der Waals surface area contributed by atoms with Crippen molar-refractivity contribution >= 4 is 46.0 Å². The Morgan fingerprint density at radius 2 is 1.07 bits per heavy atom. The molecular weight excluding hydrogens is 547 g/mol. The molecule has 8 heteroatoms. The first kappa shape index (κ1) is 28.1. The number of anilines is 4. The van der Waals surface area contributed by atoms with Crippen molar-refractivity contribution in [2.45, 2.75) is 37.9 Å². The molecule has 1 fully saturated rings. The topological polar surface area (TPSA) is 93.1 Å². The Kier molecular flexibility index (Phi) is 8.15. The van der Waals surface area contributed by atoms with Crippen LogP contribution in [0.5, 0.6) is 11.5 Å². The molecule has 40 heavy (non-hydrogen) atoms. The fourth-order valence-electron chi connectivity index (χ4n) is 5.61. The third kappa shape index (κ3) is 4.97. The number of aromatic hydroxyl groups is 2. The van der Waals surface area contributed by atoms with Crippen LogP contribution < -0.4 is 20.0 Å². The lowest BCUT2D eigenvalue weighted by Gasteiger charge is -2.61. The van der Waals surface area contributed by atoms with Crippen LogP contribution in [0.3, 0.4) is 0 Å². The SMILES string of the molecule is CCN(CC)c1ccc(C2C([O-])C(c3ccc(N(c4ccccc4Cl)c4ccccc4Cl)cc3O)C2[O-])c(O)c1. The van der Waals surface area contributed by atoms with E-state index >= 15 is 0 Å². The molecule has 1 aliphatic carbocycles. The van der Waals surface area contributed by atoms with E-state index in [4.69, 9.17) is 23.2 Å². The number of nitrogens with zero attached hydrogens (tertiary/aromatic N) is 2. The summed E-state index contributed by atoms with van der Waals surface area (Å²) in [5, 5.41) is 49.5. The van der Waals surface area contributed by atoms with Crippen molar-refractivity contribution in [3.8, 4) is 11.5 Å². The smallest absolute Gasteiger partial charge is 0.121 e. The lowest BCUT2D eigenvalue weighted by Crippen LogP contribution is -2.63. The van der Waals surface area contributed by atoms with E-state index in [9.17, 15) is 20.4 Å². The predicted molar refractivity (Wildman–Crippen MR) is 158 cm³/mol. The molecule has 0 amide bonds. The van der Waals surface area contributed by atoms with Crippen LogP contribution in [0.15, 0.2) is 84.9 Å². The molecule has 0 saturated heterocycles. The zero-order valence-corrected chi connectivity index (χ0v) is 23.7. The van der Waals surface area contributed by atoms with Gasteiger partial charge in [0.05, 0.1) is 21.4 Å². The molecule has 4 aromatic rings. The van der Waals surface area contributed by atoms with Crippen molar-refractivity contribution in [1.29, 1.82) is 0 Å². The van der Waals surface area contributed by atoms with Crippen LogP contribution in [0.25, 0.3) is 0 Å². The standard InChI is InChI=1S/C32H30Cl2N2O4/c1-3-35(4-2)19-13-15-21(27(37)17-19)29-31(39)30(32(29)40)22-16-14-20(18-28(22)38)36(25-11-7-5-9-23(25)33)26-12-8-6-10-24(26)34/h5-18,29-32,37-38H,3-4H2,1-2H3/q-2. The number of hydrogen-bond donors (Lipinski definition) is 2. The fraction of sp³-hybridized carbons (Fsp3) is 0.250. The molecule has 5 rings (SSSR count). The van der Waals surface area contributed by atoms with E-state index in [-0.39, 0.29) is 17.1 Å². The monoisotopic (exact) mass is 576 g/mol. The zero-order chi connectivity index (χ0) is 28.6. The molecular formula is C32H30Cl2N2O4-2. The van der Waals surface area contributed by atoms with Crippen LogP contribution in [-0.4, -0.2) is 35.5 Å². The van der Waals surface area contributed by atoms with E-state index in [0.29, 0.717) is 32.7 Å². The molecule has 2 unspecified atom stereocenters. The van der Waals surface area contributed by atoms with Crippen molar-refractivity contribution in [3.05, 3.63) is 106 Å². The first-order valence-corrected chi connectivity index (χ1v) is 14.0. The molecule has 0 bridgehead atoms. The van der Waals surface area contributed by atoms with Gasteiger partial charge in [0, 0.05) is 36.6 Å².